The topological polar surface area (TPSA) is 70.2 Å². The van der Waals surface area contributed by atoms with Gasteiger partial charge in [0.05, 0.1) is 15.4 Å². The number of hydrogen-bond acceptors (Lipinski definition) is 4. The van der Waals surface area contributed by atoms with E-state index in [2.05, 4.69) is 21.0 Å². The first-order valence-electron chi connectivity index (χ1n) is 6.17. The van der Waals surface area contributed by atoms with Crippen LogP contribution in [0.25, 0.3) is 0 Å². The van der Waals surface area contributed by atoms with E-state index in [4.69, 9.17) is 4.74 Å². The summed E-state index contributed by atoms with van der Waals surface area (Å²) in [5, 5.41) is 15.3. The first-order valence-corrected chi connectivity index (χ1v) is 6.97. The van der Waals surface area contributed by atoms with E-state index < -0.39 is 10.7 Å². The summed E-state index contributed by atoms with van der Waals surface area (Å²) >= 11 is 3.04. The molecule has 2 aromatic rings. The van der Waals surface area contributed by atoms with Gasteiger partial charge in [0, 0.05) is 6.07 Å². The monoisotopic (exact) mass is 357 g/mol. The van der Waals surface area contributed by atoms with Gasteiger partial charge in [-0.1, -0.05) is 0 Å². The third-order valence-corrected chi connectivity index (χ3v) is 3.43. The lowest BCUT2D eigenvalue weighted by molar-refractivity contribution is -0.386. The van der Waals surface area contributed by atoms with Crippen molar-refractivity contribution in [3.63, 3.8) is 0 Å². The summed E-state index contributed by atoms with van der Waals surface area (Å²) in [6, 6.07) is 4.01. The fourth-order valence-electron chi connectivity index (χ4n) is 1.82. The zero-order chi connectivity index (χ0) is 15.7. The highest BCUT2D eigenvalue weighted by Crippen LogP contribution is 2.36. The number of aromatic nitrogens is 2. The van der Waals surface area contributed by atoms with Crippen LogP contribution in [0.5, 0.6) is 11.6 Å². The summed E-state index contributed by atoms with van der Waals surface area (Å²) in [5.74, 6) is -0.350. The number of nitrogens with zero attached hydrogens (tertiary/aromatic N) is 3. The van der Waals surface area contributed by atoms with Crippen molar-refractivity contribution in [1.82, 2.24) is 9.78 Å². The number of ether oxygens (including phenoxy) is 1. The Morgan fingerprint density at radius 1 is 1.48 bits per heavy atom. The van der Waals surface area contributed by atoms with Crippen molar-refractivity contribution in [2.24, 2.45) is 0 Å². The molecule has 0 N–H and O–H groups in total. The molecule has 1 aromatic heterocycles. The number of halogens is 2. The van der Waals surface area contributed by atoms with Crippen molar-refractivity contribution in [1.29, 1.82) is 0 Å². The summed E-state index contributed by atoms with van der Waals surface area (Å²) in [5.41, 5.74) is 0.0355. The van der Waals surface area contributed by atoms with Crippen molar-refractivity contribution in [2.75, 3.05) is 0 Å². The second kappa shape index (κ2) is 5.80. The number of hydrogen-bond donors (Lipinski definition) is 0. The van der Waals surface area contributed by atoms with Crippen LogP contribution >= 0.6 is 15.9 Å². The highest BCUT2D eigenvalue weighted by molar-refractivity contribution is 9.10. The zero-order valence-corrected chi connectivity index (χ0v) is 13.2. The lowest BCUT2D eigenvalue weighted by Gasteiger charge is -2.11. The van der Waals surface area contributed by atoms with Gasteiger partial charge < -0.3 is 4.74 Å². The van der Waals surface area contributed by atoms with Crippen molar-refractivity contribution >= 4 is 21.6 Å². The largest absolute Gasteiger partial charge is 0.434 e. The Hall–Kier alpha value is -1.96. The van der Waals surface area contributed by atoms with Crippen LogP contribution in [0.4, 0.5) is 10.1 Å². The van der Waals surface area contributed by atoms with Crippen LogP contribution in [-0.2, 0) is 0 Å². The van der Waals surface area contributed by atoms with E-state index in [1.807, 2.05) is 13.8 Å². The molecule has 112 valence electrons. The number of benzene rings is 1. The SMILES string of the molecule is Cc1nn(C(C)C)c(Oc2ccc(Br)c(F)c2)c1[N+](=O)[O-]. The van der Waals surface area contributed by atoms with Crippen LogP contribution in [0, 0.1) is 22.9 Å². The van der Waals surface area contributed by atoms with E-state index in [1.165, 1.54) is 23.7 Å². The molecular weight excluding hydrogens is 345 g/mol. The molecule has 0 atom stereocenters. The maximum atomic E-state index is 13.5. The van der Waals surface area contributed by atoms with Gasteiger partial charge in [-0.25, -0.2) is 9.07 Å². The molecule has 0 aliphatic rings. The summed E-state index contributed by atoms with van der Waals surface area (Å²) in [4.78, 5) is 10.6. The van der Waals surface area contributed by atoms with Gasteiger partial charge in [-0.2, -0.15) is 5.10 Å². The molecule has 0 unspecified atom stereocenters. The van der Waals surface area contributed by atoms with Gasteiger partial charge in [0.25, 0.3) is 5.88 Å². The van der Waals surface area contributed by atoms with Crippen LogP contribution in [0.1, 0.15) is 25.6 Å². The number of rotatable bonds is 4. The second-order valence-corrected chi connectivity index (χ2v) is 5.57. The minimum atomic E-state index is -0.550. The molecule has 0 radical (unpaired) electrons. The van der Waals surface area contributed by atoms with Gasteiger partial charge in [0.1, 0.15) is 17.3 Å². The van der Waals surface area contributed by atoms with E-state index in [-0.39, 0.29) is 33.5 Å². The van der Waals surface area contributed by atoms with Gasteiger partial charge in [0.15, 0.2) is 0 Å². The van der Waals surface area contributed by atoms with Gasteiger partial charge in [-0.3, -0.25) is 10.1 Å². The van der Waals surface area contributed by atoms with Gasteiger partial charge in [-0.15, -0.1) is 0 Å². The first-order chi connectivity index (χ1) is 9.81. The fraction of sp³-hybridized carbons (Fsp3) is 0.308. The molecule has 8 heteroatoms. The molecule has 0 saturated carbocycles. The minimum Gasteiger partial charge on any atom is -0.434 e. The molecule has 1 aromatic carbocycles. The Kier molecular flexibility index (Phi) is 4.26. The molecule has 0 spiro atoms. The molecular formula is C13H13BrFN3O3. The van der Waals surface area contributed by atoms with Gasteiger partial charge in [-0.05, 0) is 48.8 Å². The molecule has 0 aliphatic heterocycles. The molecule has 6 nitrogen and oxygen atoms in total. The molecule has 0 bridgehead atoms. The Balaban J connectivity index is 2.51. The van der Waals surface area contributed by atoms with Crippen LogP contribution in [0.15, 0.2) is 22.7 Å². The normalized spacial score (nSPS) is 11.0. The van der Waals surface area contributed by atoms with E-state index in [0.717, 1.165) is 6.07 Å². The van der Waals surface area contributed by atoms with Crippen molar-refractivity contribution in [2.45, 2.75) is 26.8 Å². The minimum absolute atomic E-state index is 0.00535. The summed E-state index contributed by atoms with van der Waals surface area (Å²) in [6.07, 6.45) is 0. The molecule has 0 amide bonds. The van der Waals surface area contributed by atoms with Crippen LogP contribution in [0.3, 0.4) is 0 Å². The smallest absolute Gasteiger partial charge is 0.353 e. The highest BCUT2D eigenvalue weighted by Gasteiger charge is 2.28. The molecule has 21 heavy (non-hydrogen) atoms. The lowest BCUT2D eigenvalue weighted by atomic mass is 10.3. The Labute approximate surface area is 128 Å². The summed E-state index contributed by atoms with van der Waals surface area (Å²) in [6.45, 7) is 5.18. The highest BCUT2D eigenvalue weighted by atomic mass is 79.9. The standard InChI is InChI=1S/C13H13BrFN3O3/c1-7(2)17-13(12(18(19)20)8(3)16-17)21-9-4-5-10(14)11(15)6-9/h4-7H,1-3H3. The lowest BCUT2D eigenvalue weighted by Crippen LogP contribution is -2.05. The van der Waals surface area contributed by atoms with E-state index >= 15 is 0 Å². The second-order valence-electron chi connectivity index (χ2n) is 4.71. The van der Waals surface area contributed by atoms with Crippen molar-refractivity contribution < 1.29 is 14.1 Å². The third kappa shape index (κ3) is 3.05. The predicted molar refractivity (Wildman–Crippen MR) is 78.2 cm³/mol. The maximum Gasteiger partial charge on any atom is 0.353 e. The van der Waals surface area contributed by atoms with Crippen molar-refractivity contribution in [3.8, 4) is 11.6 Å². The number of nitro groups is 1. The van der Waals surface area contributed by atoms with E-state index in [0.29, 0.717) is 0 Å². The summed E-state index contributed by atoms with van der Waals surface area (Å²) in [7, 11) is 0. The summed E-state index contributed by atoms with van der Waals surface area (Å²) < 4.78 is 20.7. The maximum absolute atomic E-state index is 13.5. The Bertz CT molecular complexity index is 700. The van der Waals surface area contributed by atoms with E-state index in [9.17, 15) is 14.5 Å². The average molecular weight is 358 g/mol. The average Bonchev–Trinajstić information content (AvgIpc) is 2.71. The fourth-order valence-corrected chi connectivity index (χ4v) is 2.07. The third-order valence-electron chi connectivity index (χ3n) is 2.79. The molecule has 1 heterocycles. The van der Waals surface area contributed by atoms with Crippen LogP contribution < -0.4 is 4.74 Å². The molecule has 0 fully saturated rings. The van der Waals surface area contributed by atoms with Gasteiger partial charge >= 0.3 is 5.69 Å². The number of aryl methyl sites for hydroxylation is 1. The quantitative estimate of drug-likeness (QED) is 0.601. The first kappa shape index (κ1) is 15.4. The van der Waals surface area contributed by atoms with Gasteiger partial charge in [0.2, 0.25) is 0 Å². The predicted octanol–water partition coefficient (Wildman–Crippen LogP) is 4.37. The van der Waals surface area contributed by atoms with Crippen LogP contribution in [0.2, 0.25) is 0 Å². The Morgan fingerprint density at radius 2 is 2.14 bits per heavy atom. The molecule has 0 saturated heterocycles. The van der Waals surface area contributed by atoms with Crippen LogP contribution in [-0.4, -0.2) is 14.7 Å². The van der Waals surface area contributed by atoms with E-state index in [1.54, 1.807) is 0 Å². The Morgan fingerprint density at radius 3 is 2.67 bits per heavy atom. The van der Waals surface area contributed by atoms with Crippen molar-refractivity contribution in [3.05, 3.63) is 44.3 Å². The molecule has 2 rings (SSSR count). The molecule has 0 aliphatic carbocycles. The zero-order valence-electron chi connectivity index (χ0n) is 11.6.